The van der Waals surface area contributed by atoms with Gasteiger partial charge in [0, 0.05) is 32.8 Å². The molecule has 10 rings (SSSR count). The zero-order chi connectivity index (χ0) is 38.2. The van der Waals surface area contributed by atoms with E-state index in [2.05, 4.69) is 125 Å². The second-order valence-electron chi connectivity index (χ2n) is 14.6. The minimum atomic E-state index is -0.988. The molecule has 0 fully saturated rings. The Morgan fingerprint density at radius 2 is 1.05 bits per heavy atom. The highest BCUT2D eigenvalue weighted by atomic mass is 16.4. The first-order valence-electron chi connectivity index (χ1n) is 18.6. The Morgan fingerprint density at radius 1 is 0.446 bits per heavy atom. The number of benzene rings is 7. The molecule has 7 nitrogen and oxygen atoms in total. The molecular formula is C49H36N2O5. The normalized spacial score (nSPS) is 13.8. The number of hydrogen-bond donors (Lipinski definition) is 5. The molecule has 0 amide bonds. The van der Waals surface area contributed by atoms with E-state index >= 15 is 0 Å². The third kappa shape index (κ3) is 5.05. The predicted octanol–water partition coefficient (Wildman–Crippen LogP) is 9.86. The van der Waals surface area contributed by atoms with Crippen LogP contribution in [0.4, 0.5) is 0 Å². The summed E-state index contributed by atoms with van der Waals surface area (Å²) in [4.78, 5) is 0. The van der Waals surface area contributed by atoms with Crippen molar-refractivity contribution in [2.75, 3.05) is 0 Å². The van der Waals surface area contributed by atoms with Gasteiger partial charge in [-0.1, -0.05) is 110 Å². The van der Waals surface area contributed by atoms with E-state index in [1.165, 1.54) is 37.9 Å². The third-order valence-electron chi connectivity index (χ3n) is 11.2. The number of hydrogen-bond acceptors (Lipinski definition) is 5. The van der Waals surface area contributed by atoms with E-state index < -0.39 is 28.7 Å². The fourth-order valence-corrected chi connectivity index (χ4v) is 8.44. The van der Waals surface area contributed by atoms with E-state index in [0.29, 0.717) is 11.5 Å². The molecule has 7 heteroatoms. The highest BCUT2D eigenvalue weighted by Gasteiger charge is 2.25. The van der Waals surface area contributed by atoms with Gasteiger partial charge in [0.25, 0.3) is 0 Å². The van der Waals surface area contributed by atoms with Crippen LogP contribution in [0.15, 0.2) is 140 Å². The van der Waals surface area contributed by atoms with Crippen molar-refractivity contribution < 1.29 is 25.5 Å². The number of phenols is 5. The monoisotopic (exact) mass is 732 g/mol. The fraction of sp³-hybridized carbons (Fsp3) is 0.0612. The Hall–Kier alpha value is -7.38. The van der Waals surface area contributed by atoms with Gasteiger partial charge < -0.3 is 34.7 Å². The minimum Gasteiger partial charge on any atom is -0.504 e. The SMILES string of the molecule is CC1C=c2c(c3cc4c5ccccc5n(-c5ccc(-c6cccc(-c7c(O)c(O)c(O)c(O)c7O)c6)cc5)c4cc3n2-c2cccc(-c3ccccc3)c2)=CC1. The Morgan fingerprint density at radius 3 is 1.82 bits per heavy atom. The first kappa shape index (κ1) is 33.2. The lowest BCUT2D eigenvalue weighted by Gasteiger charge is -2.14. The van der Waals surface area contributed by atoms with Crippen molar-refractivity contribution in [1.82, 2.24) is 9.13 Å². The second kappa shape index (κ2) is 12.6. The van der Waals surface area contributed by atoms with Crippen molar-refractivity contribution >= 4 is 44.9 Å². The number of aromatic hydroxyl groups is 5. The number of fused-ring (bicyclic) bond motifs is 6. The molecule has 1 unspecified atom stereocenters. The van der Waals surface area contributed by atoms with Crippen LogP contribution in [0.1, 0.15) is 13.3 Å². The topological polar surface area (TPSA) is 111 Å². The van der Waals surface area contributed by atoms with E-state index in [0.717, 1.165) is 45.5 Å². The van der Waals surface area contributed by atoms with Gasteiger partial charge in [0.15, 0.2) is 11.5 Å². The van der Waals surface area contributed by atoms with Gasteiger partial charge in [-0.05, 0) is 88.7 Å². The molecule has 0 radical (unpaired) electrons. The van der Waals surface area contributed by atoms with Gasteiger partial charge in [-0.15, -0.1) is 0 Å². The van der Waals surface area contributed by atoms with Crippen molar-refractivity contribution in [2.45, 2.75) is 13.3 Å². The highest BCUT2D eigenvalue weighted by Crippen LogP contribution is 2.55. The van der Waals surface area contributed by atoms with E-state index in [-0.39, 0.29) is 5.56 Å². The molecule has 56 heavy (non-hydrogen) atoms. The lowest BCUT2D eigenvalue weighted by molar-refractivity contribution is 0.330. The van der Waals surface area contributed by atoms with Crippen LogP contribution in [0.25, 0.3) is 89.6 Å². The number of para-hydroxylation sites is 1. The fourth-order valence-electron chi connectivity index (χ4n) is 8.44. The van der Waals surface area contributed by atoms with Crippen molar-refractivity contribution in [3.05, 3.63) is 150 Å². The molecular weight excluding hydrogens is 697 g/mol. The summed E-state index contributed by atoms with van der Waals surface area (Å²) in [6, 6.07) is 47.8. The Bertz CT molecular complexity index is 3150. The molecule has 1 aliphatic carbocycles. The Balaban J connectivity index is 1.15. The van der Waals surface area contributed by atoms with E-state index in [4.69, 9.17) is 0 Å². The van der Waals surface area contributed by atoms with Gasteiger partial charge in [-0.2, -0.15) is 0 Å². The lowest BCUT2D eigenvalue weighted by Crippen LogP contribution is -2.31. The maximum atomic E-state index is 10.6. The quantitative estimate of drug-likeness (QED) is 0.0894. The number of aromatic nitrogens is 2. The average molecular weight is 733 g/mol. The summed E-state index contributed by atoms with van der Waals surface area (Å²) in [7, 11) is 0. The molecule has 0 saturated carbocycles. The summed E-state index contributed by atoms with van der Waals surface area (Å²) in [6.07, 6.45) is 5.80. The van der Waals surface area contributed by atoms with Crippen LogP contribution in [-0.4, -0.2) is 34.7 Å². The van der Waals surface area contributed by atoms with Crippen molar-refractivity contribution in [1.29, 1.82) is 0 Å². The number of rotatable bonds is 5. The van der Waals surface area contributed by atoms with Gasteiger partial charge in [-0.25, -0.2) is 0 Å². The molecule has 2 heterocycles. The van der Waals surface area contributed by atoms with Crippen LogP contribution in [0.5, 0.6) is 28.7 Å². The van der Waals surface area contributed by atoms with Gasteiger partial charge in [-0.3, -0.25) is 0 Å². The molecule has 7 aromatic carbocycles. The van der Waals surface area contributed by atoms with Gasteiger partial charge in [0.05, 0.1) is 27.5 Å². The summed E-state index contributed by atoms with van der Waals surface area (Å²) in [5.41, 5.74) is 9.61. The molecule has 1 aliphatic rings. The molecule has 0 aliphatic heterocycles. The summed E-state index contributed by atoms with van der Waals surface area (Å²) < 4.78 is 4.74. The molecule has 0 spiro atoms. The number of nitrogens with zero attached hydrogens (tertiary/aromatic N) is 2. The Kier molecular flexibility index (Phi) is 7.47. The van der Waals surface area contributed by atoms with Crippen LogP contribution < -0.4 is 10.6 Å². The van der Waals surface area contributed by atoms with E-state index in [9.17, 15) is 25.5 Å². The second-order valence-corrected chi connectivity index (χ2v) is 14.6. The third-order valence-corrected chi connectivity index (χ3v) is 11.2. The zero-order valence-corrected chi connectivity index (χ0v) is 30.3. The van der Waals surface area contributed by atoms with Crippen molar-refractivity contribution in [3.8, 4) is 73.5 Å². The first-order valence-corrected chi connectivity index (χ1v) is 18.6. The smallest absolute Gasteiger partial charge is 0.208 e. The van der Waals surface area contributed by atoms with Crippen LogP contribution in [0.3, 0.4) is 0 Å². The molecule has 1 atom stereocenters. The molecule has 0 bridgehead atoms. The summed E-state index contributed by atoms with van der Waals surface area (Å²) in [6.45, 7) is 2.27. The molecule has 5 N–H and O–H groups in total. The summed E-state index contributed by atoms with van der Waals surface area (Å²) >= 11 is 0. The predicted molar refractivity (Wildman–Crippen MR) is 224 cm³/mol. The Labute approximate surface area is 321 Å². The molecule has 0 saturated heterocycles. The lowest BCUT2D eigenvalue weighted by atomic mass is 9.97. The van der Waals surface area contributed by atoms with Crippen LogP contribution in [-0.2, 0) is 0 Å². The van der Waals surface area contributed by atoms with Gasteiger partial charge in [0.2, 0.25) is 17.2 Å². The minimum absolute atomic E-state index is 0.184. The zero-order valence-electron chi connectivity index (χ0n) is 30.3. The largest absolute Gasteiger partial charge is 0.504 e. The van der Waals surface area contributed by atoms with E-state index in [1.807, 2.05) is 24.3 Å². The molecule has 9 aromatic rings. The standard InChI is InChI=1S/C49H36N2O5/c1-28-17-22-37-39-26-38-36-15-5-6-16-40(36)50(42(38)27-43(39)51(41(37)23-28)35-14-8-12-32(25-35)29-9-3-2-4-10-29)34-20-18-30(19-21-34)31-11-7-13-33(24-31)44-45(52)47(54)49(56)48(55)46(44)53/h2-16,18-28,52-56H,17H2,1H3. The maximum absolute atomic E-state index is 10.6. The van der Waals surface area contributed by atoms with Gasteiger partial charge in [0.1, 0.15) is 0 Å². The van der Waals surface area contributed by atoms with Crippen LogP contribution in [0, 0.1) is 5.92 Å². The van der Waals surface area contributed by atoms with E-state index in [1.54, 1.807) is 18.2 Å². The van der Waals surface area contributed by atoms with Crippen molar-refractivity contribution in [2.24, 2.45) is 5.92 Å². The maximum Gasteiger partial charge on any atom is 0.208 e. The van der Waals surface area contributed by atoms with Crippen molar-refractivity contribution in [3.63, 3.8) is 0 Å². The number of phenolic OH excluding ortho intramolecular Hbond substituents is 5. The summed E-state index contributed by atoms with van der Waals surface area (Å²) in [5, 5.41) is 57.5. The molecule has 2 aromatic heterocycles. The summed E-state index contributed by atoms with van der Waals surface area (Å²) in [5.74, 6) is -3.85. The average Bonchev–Trinajstić information content (AvgIpc) is 3.73. The van der Waals surface area contributed by atoms with Crippen LogP contribution in [0.2, 0.25) is 0 Å². The highest BCUT2D eigenvalue weighted by molar-refractivity contribution is 6.13. The molecule has 272 valence electrons. The van der Waals surface area contributed by atoms with Gasteiger partial charge >= 0.3 is 0 Å². The van der Waals surface area contributed by atoms with Crippen LogP contribution >= 0.6 is 0 Å². The first-order chi connectivity index (χ1) is 27.3.